The molecule has 0 saturated carbocycles. The van der Waals surface area contributed by atoms with Crippen molar-refractivity contribution in [3.8, 4) is 0 Å². The Morgan fingerprint density at radius 3 is 3.05 bits per heavy atom. The topological polar surface area (TPSA) is 50.2 Å². The minimum absolute atomic E-state index is 0.215. The fraction of sp³-hybridized carbons (Fsp3) is 0.714. The van der Waals surface area contributed by atoms with E-state index in [2.05, 4.69) is 32.9 Å². The number of aryl methyl sites for hydroxylation is 1. The maximum atomic E-state index is 12.3. The average molecular weight is 262 g/mol. The van der Waals surface area contributed by atoms with Crippen LogP contribution in [-0.4, -0.2) is 46.5 Å². The summed E-state index contributed by atoms with van der Waals surface area (Å²) >= 11 is 0. The van der Waals surface area contributed by atoms with E-state index >= 15 is 0 Å². The third kappa shape index (κ3) is 2.39. The number of hydrogen-bond acceptors (Lipinski definition) is 3. The van der Waals surface area contributed by atoms with Crippen molar-refractivity contribution in [2.24, 2.45) is 5.92 Å². The van der Waals surface area contributed by atoms with Crippen LogP contribution in [0, 0.1) is 5.92 Å². The van der Waals surface area contributed by atoms with Crippen LogP contribution in [0.15, 0.2) is 12.4 Å². The second-order valence-electron chi connectivity index (χ2n) is 5.54. The van der Waals surface area contributed by atoms with Crippen LogP contribution in [0.3, 0.4) is 0 Å². The maximum Gasteiger partial charge on any atom is 0.228 e. The summed E-state index contributed by atoms with van der Waals surface area (Å²) in [4.78, 5) is 18.8. The number of aromatic nitrogens is 2. The van der Waals surface area contributed by atoms with E-state index in [1.54, 1.807) is 0 Å². The number of nitrogens with zero attached hydrogens (tertiary/aromatic N) is 3. The average Bonchev–Trinajstić information content (AvgIpc) is 2.85. The zero-order valence-electron chi connectivity index (χ0n) is 11.5. The third-order valence-electron chi connectivity index (χ3n) is 4.30. The number of likely N-dealkylation sites (tertiary alicyclic amines) is 1. The standard InChI is InChI=1S/C14H22N4O/c1-2-13-16-5-7-18(13)12-4-3-6-17(10-12)14(19)11-8-15-9-11/h5,7,11-12,15H,2-4,6,8-10H2,1H3. The molecule has 1 atom stereocenters. The molecule has 3 heterocycles. The van der Waals surface area contributed by atoms with Gasteiger partial charge in [-0.3, -0.25) is 4.79 Å². The summed E-state index contributed by atoms with van der Waals surface area (Å²) in [5, 5.41) is 3.18. The van der Waals surface area contributed by atoms with E-state index in [0.717, 1.165) is 51.3 Å². The molecule has 5 heteroatoms. The van der Waals surface area contributed by atoms with Gasteiger partial charge in [-0.1, -0.05) is 6.92 Å². The van der Waals surface area contributed by atoms with Crippen LogP contribution in [0.4, 0.5) is 0 Å². The first-order chi connectivity index (χ1) is 9.29. The maximum absolute atomic E-state index is 12.3. The lowest BCUT2D eigenvalue weighted by Gasteiger charge is -2.38. The molecule has 2 aliphatic rings. The lowest BCUT2D eigenvalue weighted by Crippen LogP contribution is -2.54. The monoisotopic (exact) mass is 262 g/mol. The minimum Gasteiger partial charge on any atom is -0.340 e. The fourth-order valence-electron chi connectivity index (χ4n) is 3.05. The summed E-state index contributed by atoms with van der Waals surface area (Å²) in [7, 11) is 0. The Hall–Kier alpha value is -1.36. The molecule has 19 heavy (non-hydrogen) atoms. The largest absolute Gasteiger partial charge is 0.340 e. The number of carbonyl (C=O) groups is 1. The number of rotatable bonds is 3. The van der Waals surface area contributed by atoms with Gasteiger partial charge in [0.1, 0.15) is 5.82 Å². The normalized spacial score (nSPS) is 24.3. The van der Waals surface area contributed by atoms with Crippen molar-refractivity contribution in [2.45, 2.75) is 32.2 Å². The van der Waals surface area contributed by atoms with Crippen LogP contribution in [-0.2, 0) is 11.2 Å². The fourth-order valence-corrected chi connectivity index (χ4v) is 3.05. The Bertz CT molecular complexity index is 452. The van der Waals surface area contributed by atoms with Gasteiger partial charge < -0.3 is 14.8 Å². The van der Waals surface area contributed by atoms with Gasteiger partial charge in [-0.05, 0) is 12.8 Å². The number of imidazole rings is 1. The van der Waals surface area contributed by atoms with E-state index in [1.807, 2.05) is 6.20 Å². The summed E-state index contributed by atoms with van der Waals surface area (Å²) in [6, 6.07) is 0.406. The Morgan fingerprint density at radius 2 is 2.37 bits per heavy atom. The van der Waals surface area contributed by atoms with Crippen molar-refractivity contribution in [2.75, 3.05) is 26.2 Å². The molecule has 2 aliphatic heterocycles. The molecule has 0 bridgehead atoms. The van der Waals surface area contributed by atoms with Gasteiger partial charge in [0.25, 0.3) is 0 Å². The predicted octanol–water partition coefficient (Wildman–Crippen LogP) is 0.828. The molecule has 1 unspecified atom stereocenters. The Balaban J connectivity index is 1.69. The van der Waals surface area contributed by atoms with Gasteiger partial charge in [0.15, 0.2) is 0 Å². The van der Waals surface area contributed by atoms with E-state index in [1.165, 1.54) is 0 Å². The smallest absolute Gasteiger partial charge is 0.228 e. The molecule has 3 rings (SSSR count). The first-order valence-electron chi connectivity index (χ1n) is 7.30. The highest BCUT2D eigenvalue weighted by Gasteiger charge is 2.32. The van der Waals surface area contributed by atoms with Gasteiger partial charge >= 0.3 is 0 Å². The van der Waals surface area contributed by atoms with E-state index in [0.29, 0.717) is 11.9 Å². The second-order valence-corrected chi connectivity index (χ2v) is 5.54. The van der Waals surface area contributed by atoms with Crippen molar-refractivity contribution >= 4 is 5.91 Å². The highest BCUT2D eigenvalue weighted by molar-refractivity contribution is 5.80. The third-order valence-corrected chi connectivity index (χ3v) is 4.30. The summed E-state index contributed by atoms with van der Waals surface area (Å²) in [5.41, 5.74) is 0. The van der Waals surface area contributed by atoms with E-state index in [9.17, 15) is 4.79 Å². The number of hydrogen-bond donors (Lipinski definition) is 1. The van der Waals surface area contributed by atoms with E-state index < -0.39 is 0 Å². The molecule has 1 amide bonds. The zero-order valence-corrected chi connectivity index (χ0v) is 11.5. The van der Waals surface area contributed by atoms with Gasteiger partial charge in [-0.25, -0.2) is 4.98 Å². The van der Waals surface area contributed by atoms with Gasteiger partial charge in [0.05, 0.1) is 12.0 Å². The molecule has 2 fully saturated rings. The molecular weight excluding hydrogens is 240 g/mol. The Labute approximate surface area is 114 Å². The molecule has 104 valence electrons. The molecule has 2 saturated heterocycles. The summed E-state index contributed by atoms with van der Waals surface area (Å²) in [6.45, 7) is 5.60. The van der Waals surface area contributed by atoms with E-state index in [-0.39, 0.29) is 5.92 Å². The lowest BCUT2D eigenvalue weighted by molar-refractivity contribution is -0.138. The molecule has 5 nitrogen and oxygen atoms in total. The van der Waals surface area contributed by atoms with Crippen molar-refractivity contribution < 1.29 is 4.79 Å². The number of carbonyl (C=O) groups excluding carboxylic acids is 1. The molecule has 0 aromatic carbocycles. The molecule has 1 aromatic heterocycles. The van der Waals surface area contributed by atoms with Crippen molar-refractivity contribution in [3.63, 3.8) is 0 Å². The molecule has 0 radical (unpaired) electrons. The summed E-state index contributed by atoms with van der Waals surface area (Å²) in [5.74, 6) is 1.68. The zero-order chi connectivity index (χ0) is 13.2. The van der Waals surface area contributed by atoms with Crippen LogP contribution in [0.5, 0.6) is 0 Å². The first kappa shape index (κ1) is 12.7. The first-order valence-corrected chi connectivity index (χ1v) is 7.30. The highest BCUT2D eigenvalue weighted by atomic mass is 16.2. The molecular formula is C14H22N4O. The molecule has 1 N–H and O–H groups in total. The van der Waals surface area contributed by atoms with Crippen molar-refractivity contribution in [1.82, 2.24) is 19.8 Å². The quantitative estimate of drug-likeness (QED) is 0.878. The van der Waals surface area contributed by atoms with Crippen LogP contribution in [0.25, 0.3) is 0 Å². The van der Waals surface area contributed by atoms with Crippen molar-refractivity contribution in [1.29, 1.82) is 0 Å². The van der Waals surface area contributed by atoms with Gasteiger partial charge in [0.2, 0.25) is 5.91 Å². The Kier molecular flexibility index (Phi) is 3.55. The summed E-state index contributed by atoms with van der Waals surface area (Å²) in [6.07, 6.45) is 7.12. The number of amides is 1. The minimum atomic E-state index is 0.215. The van der Waals surface area contributed by atoms with Gasteiger partial charge in [-0.15, -0.1) is 0 Å². The highest BCUT2D eigenvalue weighted by Crippen LogP contribution is 2.24. The lowest BCUT2D eigenvalue weighted by atomic mass is 9.98. The van der Waals surface area contributed by atoms with Crippen LogP contribution in [0.1, 0.15) is 31.6 Å². The van der Waals surface area contributed by atoms with E-state index in [4.69, 9.17) is 0 Å². The molecule has 0 aliphatic carbocycles. The Morgan fingerprint density at radius 1 is 1.53 bits per heavy atom. The van der Waals surface area contributed by atoms with Gasteiger partial charge in [-0.2, -0.15) is 0 Å². The predicted molar refractivity (Wildman–Crippen MR) is 72.8 cm³/mol. The van der Waals surface area contributed by atoms with Crippen LogP contribution >= 0.6 is 0 Å². The van der Waals surface area contributed by atoms with Crippen molar-refractivity contribution in [3.05, 3.63) is 18.2 Å². The SMILES string of the molecule is CCc1nccn1C1CCCN(C(=O)C2CNC2)C1. The molecule has 1 aromatic rings. The number of nitrogens with one attached hydrogen (secondary N) is 1. The second kappa shape index (κ2) is 5.33. The van der Waals surface area contributed by atoms with Gasteiger partial charge in [0, 0.05) is 45.0 Å². The van der Waals surface area contributed by atoms with Crippen LogP contribution in [0.2, 0.25) is 0 Å². The number of piperidine rings is 1. The summed E-state index contributed by atoms with van der Waals surface area (Å²) < 4.78 is 2.26. The molecule has 0 spiro atoms. The van der Waals surface area contributed by atoms with Crippen LogP contribution < -0.4 is 5.32 Å².